The van der Waals surface area contributed by atoms with Crippen LogP contribution in [0.1, 0.15) is 18.9 Å². The van der Waals surface area contributed by atoms with Crippen molar-refractivity contribution >= 4 is 29.3 Å². The summed E-state index contributed by atoms with van der Waals surface area (Å²) in [7, 11) is 1.53. The standard InChI is InChI=1S/C20H23NO4S/c1-14-8-10-16(11-9-14)26-13-12-19(22)25-15(2)20(23)21-17-6-4-5-7-18(17)24-3/h4-11,15H,12-13H2,1-3H3,(H,21,23)/t15-/m0/s1. The third-order valence-electron chi connectivity index (χ3n) is 3.64. The first-order valence-corrected chi connectivity index (χ1v) is 9.31. The molecule has 0 aliphatic heterocycles. The Labute approximate surface area is 158 Å². The number of esters is 1. The lowest BCUT2D eigenvalue weighted by Crippen LogP contribution is -2.30. The molecular weight excluding hydrogens is 350 g/mol. The second-order valence-electron chi connectivity index (χ2n) is 5.73. The van der Waals surface area contributed by atoms with E-state index in [0.717, 1.165) is 4.90 Å². The van der Waals surface area contributed by atoms with Crippen LogP contribution < -0.4 is 10.1 Å². The van der Waals surface area contributed by atoms with Crippen LogP contribution in [0, 0.1) is 6.92 Å². The average Bonchev–Trinajstić information content (AvgIpc) is 2.63. The summed E-state index contributed by atoms with van der Waals surface area (Å²) in [5.74, 6) is 0.359. The van der Waals surface area contributed by atoms with Crippen LogP contribution in [-0.4, -0.2) is 30.8 Å². The number of carbonyl (C=O) groups excluding carboxylic acids is 2. The van der Waals surface area contributed by atoms with E-state index in [0.29, 0.717) is 17.2 Å². The highest BCUT2D eigenvalue weighted by molar-refractivity contribution is 7.99. The van der Waals surface area contributed by atoms with Gasteiger partial charge in [-0.2, -0.15) is 0 Å². The van der Waals surface area contributed by atoms with E-state index in [-0.39, 0.29) is 6.42 Å². The summed E-state index contributed by atoms with van der Waals surface area (Å²) in [6.45, 7) is 3.58. The molecule has 0 fully saturated rings. The number of ether oxygens (including phenoxy) is 2. The first-order valence-electron chi connectivity index (χ1n) is 8.32. The zero-order chi connectivity index (χ0) is 18.9. The van der Waals surface area contributed by atoms with E-state index in [9.17, 15) is 9.59 Å². The van der Waals surface area contributed by atoms with Crippen LogP contribution in [0.2, 0.25) is 0 Å². The van der Waals surface area contributed by atoms with E-state index >= 15 is 0 Å². The van der Waals surface area contributed by atoms with Gasteiger partial charge in [0.1, 0.15) is 5.75 Å². The Morgan fingerprint density at radius 1 is 1.12 bits per heavy atom. The number of anilines is 1. The number of benzene rings is 2. The molecule has 1 atom stereocenters. The Balaban J connectivity index is 1.76. The van der Waals surface area contributed by atoms with Gasteiger partial charge in [-0.25, -0.2) is 0 Å². The zero-order valence-electron chi connectivity index (χ0n) is 15.2. The molecule has 0 saturated heterocycles. The Hall–Kier alpha value is -2.47. The van der Waals surface area contributed by atoms with Crippen LogP contribution >= 0.6 is 11.8 Å². The van der Waals surface area contributed by atoms with Gasteiger partial charge in [0.05, 0.1) is 19.2 Å². The highest BCUT2D eigenvalue weighted by atomic mass is 32.2. The monoisotopic (exact) mass is 373 g/mol. The van der Waals surface area contributed by atoms with E-state index in [1.165, 1.54) is 12.7 Å². The largest absolute Gasteiger partial charge is 0.495 e. The van der Waals surface area contributed by atoms with Crippen molar-refractivity contribution in [2.45, 2.75) is 31.3 Å². The van der Waals surface area contributed by atoms with Gasteiger partial charge >= 0.3 is 5.97 Å². The number of hydrogen-bond donors (Lipinski definition) is 1. The lowest BCUT2D eigenvalue weighted by atomic mass is 10.2. The Kier molecular flexibility index (Phi) is 7.53. The van der Waals surface area contributed by atoms with Crippen LogP contribution in [0.4, 0.5) is 5.69 Å². The summed E-state index contributed by atoms with van der Waals surface area (Å²) in [5, 5.41) is 2.71. The van der Waals surface area contributed by atoms with Gasteiger partial charge in [0.15, 0.2) is 6.10 Å². The van der Waals surface area contributed by atoms with Crippen molar-refractivity contribution in [3.8, 4) is 5.75 Å². The molecule has 0 spiro atoms. The molecule has 26 heavy (non-hydrogen) atoms. The van der Waals surface area contributed by atoms with E-state index in [1.807, 2.05) is 37.3 Å². The molecule has 0 radical (unpaired) electrons. The van der Waals surface area contributed by atoms with Gasteiger partial charge in [0.2, 0.25) is 0 Å². The van der Waals surface area contributed by atoms with Gasteiger partial charge < -0.3 is 14.8 Å². The number of methoxy groups -OCH3 is 1. The van der Waals surface area contributed by atoms with Crippen molar-refractivity contribution in [3.63, 3.8) is 0 Å². The van der Waals surface area contributed by atoms with Gasteiger partial charge in [-0.3, -0.25) is 9.59 Å². The van der Waals surface area contributed by atoms with Crippen LogP contribution in [0.3, 0.4) is 0 Å². The zero-order valence-corrected chi connectivity index (χ0v) is 16.0. The predicted octanol–water partition coefficient (Wildman–Crippen LogP) is 4.06. The summed E-state index contributed by atoms with van der Waals surface area (Å²) in [4.78, 5) is 25.2. The van der Waals surface area contributed by atoms with Crippen LogP contribution in [0.5, 0.6) is 5.75 Å². The maximum atomic E-state index is 12.2. The molecule has 2 rings (SSSR count). The molecule has 0 unspecified atom stereocenters. The molecule has 0 aliphatic rings. The number of nitrogens with one attached hydrogen (secondary N) is 1. The van der Waals surface area contributed by atoms with Crippen LogP contribution in [0.15, 0.2) is 53.4 Å². The Bertz CT molecular complexity index is 746. The van der Waals surface area contributed by atoms with E-state index in [1.54, 1.807) is 36.9 Å². The average molecular weight is 373 g/mol. The lowest BCUT2D eigenvalue weighted by molar-refractivity contribution is -0.152. The van der Waals surface area contributed by atoms with E-state index in [2.05, 4.69) is 5.32 Å². The second-order valence-corrected chi connectivity index (χ2v) is 6.90. The van der Waals surface area contributed by atoms with Gasteiger partial charge in [-0.15, -0.1) is 11.8 Å². The van der Waals surface area contributed by atoms with Crippen molar-refractivity contribution < 1.29 is 19.1 Å². The number of para-hydroxylation sites is 2. The molecule has 138 valence electrons. The molecule has 0 bridgehead atoms. The van der Waals surface area contributed by atoms with Crippen LogP contribution in [-0.2, 0) is 14.3 Å². The third-order valence-corrected chi connectivity index (χ3v) is 4.65. The van der Waals surface area contributed by atoms with Crippen molar-refractivity contribution in [2.24, 2.45) is 0 Å². The van der Waals surface area contributed by atoms with Gasteiger partial charge in [-0.1, -0.05) is 29.8 Å². The van der Waals surface area contributed by atoms with Gasteiger partial charge in [0, 0.05) is 10.6 Å². The minimum atomic E-state index is -0.878. The van der Waals surface area contributed by atoms with Crippen molar-refractivity contribution in [2.75, 3.05) is 18.2 Å². The summed E-state index contributed by atoms with van der Waals surface area (Å²) in [6.07, 6.45) is -0.637. The lowest BCUT2D eigenvalue weighted by Gasteiger charge is -2.15. The Morgan fingerprint density at radius 3 is 2.50 bits per heavy atom. The quantitative estimate of drug-likeness (QED) is 0.558. The molecule has 1 N–H and O–H groups in total. The SMILES string of the molecule is COc1ccccc1NC(=O)[C@H](C)OC(=O)CCSc1ccc(C)cc1. The summed E-state index contributed by atoms with van der Waals surface area (Å²) in [6, 6.07) is 15.2. The topological polar surface area (TPSA) is 64.6 Å². The third kappa shape index (κ3) is 6.11. The fraction of sp³-hybridized carbons (Fsp3) is 0.300. The minimum absolute atomic E-state index is 0.241. The number of carbonyl (C=O) groups is 2. The first-order chi connectivity index (χ1) is 12.5. The second kappa shape index (κ2) is 9.87. The fourth-order valence-corrected chi connectivity index (χ4v) is 3.01. The molecule has 6 heteroatoms. The number of aryl methyl sites for hydroxylation is 1. The fourth-order valence-electron chi connectivity index (χ4n) is 2.18. The molecule has 0 heterocycles. The van der Waals surface area contributed by atoms with Crippen molar-refractivity contribution in [1.29, 1.82) is 0 Å². The predicted molar refractivity (Wildman–Crippen MR) is 104 cm³/mol. The maximum absolute atomic E-state index is 12.2. The number of rotatable bonds is 8. The number of amides is 1. The summed E-state index contributed by atoms with van der Waals surface area (Å²) < 4.78 is 10.4. The number of thioether (sulfide) groups is 1. The molecular formula is C20H23NO4S. The summed E-state index contributed by atoms with van der Waals surface area (Å²) in [5.41, 5.74) is 1.74. The maximum Gasteiger partial charge on any atom is 0.307 e. The molecule has 2 aromatic rings. The Morgan fingerprint density at radius 2 is 1.81 bits per heavy atom. The summed E-state index contributed by atoms with van der Waals surface area (Å²) >= 11 is 1.58. The van der Waals surface area contributed by atoms with Crippen molar-refractivity contribution in [3.05, 3.63) is 54.1 Å². The highest BCUT2D eigenvalue weighted by Gasteiger charge is 2.19. The van der Waals surface area contributed by atoms with E-state index in [4.69, 9.17) is 9.47 Å². The molecule has 2 aromatic carbocycles. The molecule has 5 nitrogen and oxygen atoms in total. The molecule has 1 amide bonds. The first kappa shape index (κ1) is 19.8. The highest BCUT2D eigenvalue weighted by Crippen LogP contribution is 2.23. The van der Waals surface area contributed by atoms with Gasteiger partial charge in [-0.05, 0) is 38.1 Å². The minimum Gasteiger partial charge on any atom is -0.495 e. The smallest absolute Gasteiger partial charge is 0.307 e. The molecule has 0 aliphatic carbocycles. The molecule has 0 saturated carbocycles. The van der Waals surface area contributed by atoms with E-state index < -0.39 is 18.0 Å². The van der Waals surface area contributed by atoms with Gasteiger partial charge in [0.25, 0.3) is 5.91 Å². The molecule has 0 aromatic heterocycles. The normalized spacial score (nSPS) is 11.5. The van der Waals surface area contributed by atoms with Crippen LogP contribution in [0.25, 0.3) is 0 Å². The van der Waals surface area contributed by atoms with Crippen molar-refractivity contribution in [1.82, 2.24) is 0 Å². The number of hydrogen-bond acceptors (Lipinski definition) is 5.